The molecule has 1 N–H and O–H groups in total. The number of carbonyl (C=O) groups is 1. The number of ether oxygens (including phenoxy) is 1. The number of aryl methyl sites for hydroxylation is 4. The van der Waals surface area contributed by atoms with Gasteiger partial charge in [-0.25, -0.2) is 8.42 Å². The minimum absolute atomic E-state index is 0.272. The molecule has 2 aromatic rings. The van der Waals surface area contributed by atoms with E-state index in [0.717, 1.165) is 33.0 Å². The van der Waals surface area contributed by atoms with Crippen molar-refractivity contribution in [2.75, 3.05) is 30.3 Å². The predicted octanol–water partition coefficient (Wildman–Crippen LogP) is 2.88. The highest BCUT2D eigenvalue weighted by atomic mass is 32.2. The Balaban J connectivity index is 1.94. The Kier molecular flexibility index (Phi) is 7.07. The van der Waals surface area contributed by atoms with Crippen LogP contribution in [0, 0.1) is 27.7 Å². The van der Waals surface area contributed by atoms with Gasteiger partial charge in [0.25, 0.3) is 0 Å². The Morgan fingerprint density at radius 2 is 1.64 bits per heavy atom. The average Bonchev–Trinajstić information content (AvgIpc) is 2.57. The zero-order valence-corrected chi connectivity index (χ0v) is 17.9. The van der Waals surface area contributed by atoms with Crippen LogP contribution in [0.4, 0.5) is 5.69 Å². The molecule has 2 rings (SSSR count). The second-order valence-electron chi connectivity index (χ2n) is 7.06. The van der Waals surface area contributed by atoms with Gasteiger partial charge in [-0.2, -0.15) is 0 Å². The van der Waals surface area contributed by atoms with Gasteiger partial charge in [0.05, 0.1) is 18.5 Å². The van der Waals surface area contributed by atoms with E-state index in [1.165, 1.54) is 5.56 Å². The van der Waals surface area contributed by atoms with Gasteiger partial charge < -0.3 is 10.1 Å². The third kappa shape index (κ3) is 6.27. The molecule has 28 heavy (non-hydrogen) atoms. The van der Waals surface area contributed by atoms with E-state index in [2.05, 4.69) is 5.32 Å². The van der Waals surface area contributed by atoms with Gasteiger partial charge in [-0.05, 0) is 74.2 Å². The molecule has 152 valence electrons. The molecule has 0 fully saturated rings. The normalized spacial score (nSPS) is 11.2. The van der Waals surface area contributed by atoms with E-state index in [9.17, 15) is 13.2 Å². The lowest BCUT2D eigenvalue weighted by atomic mass is 10.1. The van der Waals surface area contributed by atoms with Crippen LogP contribution in [-0.2, 0) is 14.8 Å². The largest absolute Gasteiger partial charge is 0.492 e. The van der Waals surface area contributed by atoms with Crippen molar-refractivity contribution in [3.05, 3.63) is 58.7 Å². The number of sulfonamides is 1. The lowest BCUT2D eigenvalue weighted by Crippen LogP contribution is -2.41. The van der Waals surface area contributed by atoms with Crippen LogP contribution in [0.25, 0.3) is 0 Å². The Bertz CT molecular complexity index is 935. The lowest BCUT2D eigenvalue weighted by Gasteiger charge is -2.22. The Labute approximate surface area is 167 Å². The van der Waals surface area contributed by atoms with Gasteiger partial charge in [0, 0.05) is 0 Å². The number of anilines is 1. The molecule has 0 aliphatic carbocycles. The van der Waals surface area contributed by atoms with Crippen LogP contribution < -0.4 is 14.4 Å². The lowest BCUT2D eigenvalue weighted by molar-refractivity contribution is -0.119. The third-order valence-corrected chi connectivity index (χ3v) is 5.49. The molecule has 1 amide bonds. The summed E-state index contributed by atoms with van der Waals surface area (Å²) in [4.78, 5) is 12.3. The average molecular weight is 405 g/mol. The van der Waals surface area contributed by atoms with Gasteiger partial charge in [-0.15, -0.1) is 0 Å². The number of carbonyl (C=O) groups excluding carboxylic acids is 1. The van der Waals surface area contributed by atoms with Gasteiger partial charge in [0.1, 0.15) is 18.9 Å². The van der Waals surface area contributed by atoms with E-state index in [0.29, 0.717) is 12.3 Å². The molecule has 0 aliphatic rings. The molecule has 0 bridgehead atoms. The molecule has 7 heteroatoms. The van der Waals surface area contributed by atoms with E-state index in [1.54, 1.807) is 12.1 Å². The summed E-state index contributed by atoms with van der Waals surface area (Å²) in [6.07, 6.45) is 1.10. The maximum Gasteiger partial charge on any atom is 0.240 e. The molecule has 0 atom stereocenters. The quantitative estimate of drug-likeness (QED) is 0.687. The van der Waals surface area contributed by atoms with Crippen LogP contribution in [0.1, 0.15) is 22.3 Å². The van der Waals surface area contributed by atoms with E-state index in [1.807, 2.05) is 52.0 Å². The molecule has 0 unspecified atom stereocenters. The standard InChI is InChI=1S/C21H28N2O4S/c1-15-10-16(2)12-19(11-15)23(28(5,25)26)14-21(24)22-8-9-27-20-7-6-17(3)18(4)13-20/h6-7,10-13H,8-9,14H2,1-5H3,(H,22,24). The Morgan fingerprint density at radius 1 is 1.00 bits per heavy atom. The monoisotopic (exact) mass is 404 g/mol. The van der Waals surface area contributed by atoms with Gasteiger partial charge in [0.2, 0.25) is 15.9 Å². The smallest absolute Gasteiger partial charge is 0.240 e. The number of hydrogen-bond acceptors (Lipinski definition) is 4. The molecule has 6 nitrogen and oxygen atoms in total. The molecule has 0 spiro atoms. The first-order valence-electron chi connectivity index (χ1n) is 9.09. The number of hydrogen-bond donors (Lipinski definition) is 1. The highest BCUT2D eigenvalue weighted by molar-refractivity contribution is 7.92. The zero-order valence-electron chi connectivity index (χ0n) is 17.1. The zero-order chi connectivity index (χ0) is 20.9. The fraction of sp³-hybridized carbons (Fsp3) is 0.381. The minimum atomic E-state index is -3.59. The summed E-state index contributed by atoms with van der Waals surface area (Å²) in [5.74, 6) is 0.360. The van der Waals surface area contributed by atoms with Gasteiger partial charge in [-0.1, -0.05) is 12.1 Å². The van der Waals surface area contributed by atoms with Crippen molar-refractivity contribution in [1.29, 1.82) is 0 Å². The van der Waals surface area contributed by atoms with E-state index in [-0.39, 0.29) is 19.0 Å². The summed E-state index contributed by atoms with van der Waals surface area (Å²) in [5.41, 5.74) is 4.69. The van der Waals surface area contributed by atoms with Crippen molar-refractivity contribution >= 4 is 21.6 Å². The molecule has 0 aliphatic heterocycles. The van der Waals surface area contributed by atoms with Crippen molar-refractivity contribution < 1.29 is 17.9 Å². The van der Waals surface area contributed by atoms with Crippen molar-refractivity contribution in [2.45, 2.75) is 27.7 Å². The highest BCUT2D eigenvalue weighted by Crippen LogP contribution is 2.21. The molecular formula is C21H28N2O4S. The number of nitrogens with one attached hydrogen (secondary N) is 1. The third-order valence-electron chi connectivity index (χ3n) is 4.35. The van der Waals surface area contributed by atoms with Crippen LogP contribution in [0.2, 0.25) is 0 Å². The molecule has 0 radical (unpaired) electrons. The molecule has 2 aromatic carbocycles. The first-order chi connectivity index (χ1) is 13.1. The van der Waals surface area contributed by atoms with E-state index in [4.69, 9.17) is 4.74 Å². The van der Waals surface area contributed by atoms with Crippen LogP contribution in [0.5, 0.6) is 5.75 Å². The highest BCUT2D eigenvalue weighted by Gasteiger charge is 2.21. The second-order valence-corrected chi connectivity index (χ2v) is 8.97. The molecule has 0 heterocycles. The maximum atomic E-state index is 12.3. The first-order valence-corrected chi connectivity index (χ1v) is 10.9. The number of nitrogens with zero attached hydrogens (tertiary/aromatic N) is 1. The topological polar surface area (TPSA) is 75.7 Å². The molecule has 0 saturated carbocycles. The van der Waals surface area contributed by atoms with Crippen LogP contribution >= 0.6 is 0 Å². The van der Waals surface area contributed by atoms with Crippen molar-refractivity contribution in [3.63, 3.8) is 0 Å². The van der Waals surface area contributed by atoms with Crippen molar-refractivity contribution in [3.8, 4) is 5.75 Å². The number of amides is 1. The summed E-state index contributed by atoms with van der Waals surface area (Å²) < 4.78 is 31.1. The number of rotatable bonds is 8. The predicted molar refractivity (Wildman–Crippen MR) is 113 cm³/mol. The molecule has 0 saturated heterocycles. The van der Waals surface area contributed by atoms with E-state index >= 15 is 0 Å². The Hall–Kier alpha value is -2.54. The second kappa shape index (κ2) is 9.10. The van der Waals surface area contributed by atoms with Crippen molar-refractivity contribution in [1.82, 2.24) is 5.32 Å². The summed E-state index contributed by atoms with van der Waals surface area (Å²) in [6.45, 7) is 8.14. The van der Waals surface area contributed by atoms with Crippen LogP contribution in [0.3, 0.4) is 0 Å². The van der Waals surface area contributed by atoms with Gasteiger partial charge in [0.15, 0.2) is 0 Å². The SMILES string of the molecule is Cc1cc(C)cc(N(CC(=O)NCCOc2ccc(C)c(C)c2)S(C)(=O)=O)c1. The number of benzene rings is 2. The van der Waals surface area contributed by atoms with Crippen molar-refractivity contribution in [2.24, 2.45) is 0 Å². The molecular weight excluding hydrogens is 376 g/mol. The summed E-state index contributed by atoms with van der Waals surface area (Å²) in [7, 11) is -3.59. The summed E-state index contributed by atoms with van der Waals surface area (Å²) >= 11 is 0. The maximum absolute atomic E-state index is 12.3. The Morgan fingerprint density at radius 3 is 2.21 bits per heavy atom. The minimum Gasteiger partial charge on any atom is -0.492 e. The summed E-state index contributed by atoms with van der Waals surface area (Å²) in [5, 5.41) is 2.71. The fourth-order valence-electron chi connectivity index (χ4n) is 2.84. The first kappa shape index (κ1) is 21.8. The summed E-state index contributed by atoms with van der Waals surface area (Å²) in [6, 6.07) is 11.3. The van der Waals surface area contributed by atoms with Crippen LogP contribution in [0.15, 0.2) is 36.4 Å². The van der Waals surface area contributed by atoms with Crippen LogP contribution in [-0.4, -0.2) is 40.3 Å². The van der Waals surface area contributed by atoms with E-state index < -0.39 is 10.0 Å². The van der Waals surface area contributed by atoms with Gasteiger partial charge >= 0.3 is 0 Å². The van der Waals surface area contributed by atoms with Gasteiger partial charge in [-0.3, -0.25) is 9.10 Å². The molecule has 0 aromatic heterocycles. The fourth-order valence-corrected chi connectivity index (χ4v) is 3.68.